The topological polar surface area (TPSA) is 72.2 Å². The van der Waals surface area contributed by atoms with Crippen molar-refractivity contribution >= 4 is 11.7 Å². The maximum Gasteiger partial charge on any atom is 0.243 e. The van der Waals surface area contributed by atoms with E-state index in [1.807, 2.05) is 30.3 Å². The summed E-state index contributed by atoms with van der Waals surface area (Å²) >= 11 is 0. The van der Waals surface area contributed by atoms with E-state index in [0.29, 0.717) is 5.56 Å². The van der Waals surface area contributed by atoms with E-state index in [0.717, 1.165) is 17.7 Å². The maximum absolute atomic E-state index is 12.1. The van der Waals surface area contributed by atoms with Crippen molar-refractivity contribution in [3.63, 3.8) is 0 Å². The summed E-state index contributed by atoms with van der Waals surface area (Å²) in [5.74, 6) is -0.489. The van der Waals surface area contributed by atoms with Crippen LogP contribution in [0.4, 0.5) is 0 Å². The highest BCUT2D eigenvalue weighted by Gasteiger charge is 2.49. The molecule has 3 rings (SSSR count). The molecule has 1 aliphatic heterocycles. The van der Waals surface area contributed by atoms with E-state index < -0.39 is 11.3 Å². The lowest BCUT2D eigenvalue weighted by Crippen LogP contribution is -2.31. The van der Waals surface area contributed by atoms with Gasteiger partial charge in [0.25, 0.3) is 0 Å². The molecule has 1 spiro atoms. The zero-order chi connectivity index (χ0) is 15.3. The largest absolute Gasteiger partial charge is 0.382 e. The monoisotopic (exact) mass is 282 g/mol. The summed E-state index contributed by atoms with van der Waals surface area (Å²) in [4.78, 5) is 23.5. The molecular weight excluding hydrogens is 264 g/mol. The number of fused-ring (bicyclic) bond motifs is 2. The van der Waals surface area contributed by atoms with Crippen LogP contribution in [0.3, 0.4) is 0 Å². The number of hydrogen-bond donors (Lipinski definition) is 2. The lowest BCUT2D eigenvalue weighted by molar-refractivity contribution is -0.113. The molecule has 2 aliphatic rings. The molecule has 1 aliphatic carbocycles. The van der Waals surface area contributed by atoms with Crippen molar-refractivity contribution in [1.29, 1.82) is 0 Å². The minimum absolute atomic E-state index is 0.000596. The minimum Gasteiger partial charge on any atom is -0.382 e. The number of allylic oxidation sites excluding steroid dienone is 2. The van der Waals surface area contributed by atoms with Gasteiger partial charge in [-0.1, -0.05) is 30.3 Å². The smallest absolute Gasteiger partial charge is 0.243 e. The van der Waals surface area contributed by atoms with Gasteiger partial charge in [-0.25, -0.2) is 0 Å². The fourth-order valence-electron chi connectivity index (χ4n) is 3.49. The van der Waals surface area contributed by atoms with Crippen molar-refractivity contribution in [3.8, 4) is 0 Å². The van der Waals surface area contributed by atoms with Crippen molar-refractivity contribution in [1.82, 2.24) is 5.32 Å². The number of primary amides is 1. The van der Waals surface area contributed by atoms with Gasteiger partial charge in [0, 0.05) is 22.9 Å². The quantitative estimate of drug-likeness (QED) is 0.772. The van der Waals surface area contributed by atoms with Crippen LogP contribution in [-0.4, -0.2) is 17.2 Å². The van der Waals surface area contributed by atoms with Gasteiger partial charge in [-0.15, -0.1) is 0 Å². The van der Waals surface area contributed by atoms with Crippen molar-refractivity contribution in [2.75, 3.05) is 0 Å². The van der Waals surface area contributed by atoms with E-state index in [2.05, 4.69) is 19.2 Å². The molecule has 1 aromatic rings. The summed E-state index contributed by atoms with van der Waals surface area (Å²) in [5, 5.41) is 3.38. The minimum atomic E-state index is -0.489. The first-order chi connectivity index (χ1) is 9.84. The molecule has 1 heterocycles. The normalized spacial score (nSPS) is 27.7. The SMILES string of the molecule is CC1(C)C[C@]2(C=CC(=O)c3ccccc32)/C(=C\C(N)=O)N1. The molecule has 1 amide bonds. The van der Waals surface area contributed by atoms with Crippen molar-refractivity contribution < 1.29 is 9.59 Å². The predicted octanol–water partition coefficient (Wildman–Crippen LogP) is 1.82. The number of nitrogens with two attached hydrogens (primary N) is 1. The van der Waals surface area contributed by atoms with Gasteiger partial charge >= 0.3 is 0 Å². The third-order valence-corrected chi connectivity index (χ3v) is 4.15. The molecule has 108 valence electrons. The van der Waals surface area contributed by atoms with Crippen molar-refractivity contribution in [2.24, 2.45) is 5.73 Å². The van der Waals surface area contributed by atoms with E-state index in [-0.39, 0.29) is 11.3 Å². The first-order valence-electron chi connectivity index (χ1n) is 6.97. The molecule has 1 saturated heterocycles. The van der Waals surface area contributed by atoms with Crippen LogP contribution in [0.5, 0.6) is 0 Å². The second-order valence-electron chi connectivity index (χ2n) is 6.36. The molecule has 0 bridgehead atoms. The highest BCUT2D eigenvalue weighted by atomic mass is 16.1. The van der Waals surface area contributed by atoms with E-state index in [1.165, 1.54) is 6.08 Å². The van der Waals surface area contributed by atoms with Crippen LogP contribution >= 0.6 is 0 Å². The molecule has 1 aromatic carbocycles. The van der Waals surface area contributed by atoms with Crippen LogP contribution in [0.1, 0.15) is 36.2 Å². The molecule has 0 radical (unpaired) electrons. The Hall–Kier alpha value is -2.36. The number of carbonyl (C=O) groups is 2. The van der Waals surface area contributed by atoms with Gasteiger partial charge in [0.15, 0.2) is 5.78 Å². The predicted molar refractivity (Wildman–Crippen MR) is 80.7 cm³/mol. The van der Waals surface area contributed by atoms with Crippen LogP contribution < -0.4 is 11.1 Å². The molecule has 1 atom stereocenters. The highest BCUT2D eigenvalue weighted by Crippen LogP contribution is 2.48. The number of carbonyl (C=O) groups excluding carboxylic acids is 2. The molecular formula is C17H18N2O2. The van der Waals surface area contributed by atoms with Crippen molar-refractivity contribution in [3.05, 3.63) is 59.3 Å². The van der Waals surface area contributed by atoms with Gasteiger partial charge in [0.1, 0.15) is 0 Å². The zero-order valence-corrected chi connectivity index (χ0v) is 12.1. The number of hydrogen-bond acceptors (Lipinski definition) is 3. The molecule has 1 fully saturated rings. The van der Waals surface area contributed by atoms with Gasteiger partial charge in [-0.3, -0.25) is 9.59 Å². The molecule has 0 unspecified atom stereocenters. The van der Waals surface area contributed by atoms with Gasteiger partial charge in [0.05, 0.1) is 5.41 Å². The molecule has 3 N–H and O–H groups in total. The van der Waals surface area contributed by atoms with Gasteiger partial charge in [0.2, 0.25) is 5.91 Å². The summed E-state index contributed by atoms with van der Waals surface area (Å²) in [6, 6.07) is 7.56. The average molecular weight is 282 g/mol. The van der Waals surface area contributed by atoms with Crippen molar-refractivity contribution in [2.45, 2.75) is 31.2 Å². The Labute approximate surface area is 123 Å². The summed E-state index contributed by atoms with van der Waals surface area (Å²) < 4.78 is 0. The zero-order valence-electron chi connectivity index (χ0n) is 12.1. The van der Waals surface area contributed by atoms with Crippen LogP contribution in [-0.2, 0) is 10.2 Å². The second kappa shape index (κ2) is 4.32. The molecule has 0 aromatic heterocycles. The number of ketones is 1. The van der Waals surface area contributed by atoms with Crippen LogP contribution in [0.25, 0.3) is 0 Å². The Morgan fingerprint density at radius 1 is 1.33 bits per heavy atom. The molecule has 0 saturated carbocycles. The fraction of sp³-hybridized carbons (Fsp3) is 0.294. The summed E-state index contributed by atoms with van der Waals surface area (Å²) in [6.45, 7) is 4.15. The molecule has 21 heavy (non-hydrogen) atoms. The van der Waals surface area contributed by atoms with Gasteiger partial charge in [-0.2, -0.15) is 0 Å². The Bertz CT molecular complexity index is 700. The summed E-state index contributed by atoms with van der Waals surface area (Å²) in [6.07, 6.45) is 5.69. The first kappa shape index (κ1) is 13.6. The maximum atomic E-state index is 12.1. The summed E-state index contributed by atoms with van der Waals surface area (Å²) in [7, 11) is 0. The van der Waals surface area contributed by atoms with Crippen LogP contribution in [0.15, 0.2) is 48.2 Å². The third kappa shape index (κ3) is 2.07. The lowest BCUT2D eigenvalue weighted by Gasteiger charge is -2.32. The molecule has 4 nitrogen and oxygen atoms in total. The van der Waals surface area contributed by atoms with E-state index in [4.69, 9.17) is 5.73 Å². The number of amides is 1. The van der Waals surface area contributed by atoms with E-state index >= 15 is 0 Å². The molecule has 4 heteroatoms. The average Bonchev–Trinajstić information content (AvgIpc) is 2.65. The van der Waals surface area contributed by atoms with Crippen LogP contribution in [0.2, 0.25) is 0 Å². The van der Waals surface area contributed by atoms with Crippen LogP contribution in [0, 0.1) is 0 Å². The first-order valence-corrected chi connectivity index (χ1v) is 6.97. The summed E-state index contributed by atoms with van der Waals surface area (Å²) in [5.41, 5.74) is 7.07. The van der Waals surface area contributed by atoms with E-state index in [9.17, 15) is 9.59 Å². The Balaban J connectivity index is 2.26. The van der Waals surface area contributed by atoms with Gasteiger partial charge in [-0.05, 0) is 31.9 Å². The van der Waals surface area contributed by atoms with Gasteiger partial charge < -0.3 is 11.1 Å². The highest BCUT2D eigenvalue weighted by molar-refractivity contribution is 6.08. The van der Waals surface area contributed by atoms with E-state index in [1.54, 1.807) is 6.08 Å². The third-order valence-electron chi connectivity index (χ3n) is 4.15. The lowest BCUT2D eigenvalue weighted by atomic mass is 9.69. The Morgan fingerprint density at radius 3 is 2.76 bits per heavy atom. The second-order valence-corrected chi connectivity index (χ2v) is 6.36. The Morgan fingerprint density at radius 2 is 2.05 bits per heavy atom. The number of rotatable bonds is 1. The fourth-order valence-corrected chi connectivity index (χ4v) is 3.49. The Kier molecular flexibility index (Phi) is 2.80. The number of nitrogens with one attached hydrogen (secondary N) is 1. The standard InChI is InChI=1S/C17H18N2O2/c1-16(2)10-17(14(19-16)9-15(18)21)8-7-13(20)11-5-3-4-6-12(11)17/h3-9,19H,10H2,1-2H3,(H2,18,21)/b14-9+/t17-/m0/s1. The number of benzene rings is 1.